The van der Waals surface area contributed by atoms with Gasteiger partial charge in [-0.25, -0.2) is 0 Å². The molecule has 2 aromatic rings. The van der Waals surface area contributed by atoms with Crippen molar-refractivity contribution in [3.63, 3.8) is 0 Å². The Kier molecular flexibility index (Phi) is 7.87. The van der Waals surface area contributed by atoms with E-state index in [9.17, 15) is 9.90 Å². The van der Waals surface area contributed by atoms with E-state index in [0.29, 0.717) is 12.2 Å². The highest BCUT2D eigenvalue weighted by atomic mass is 79.9. The van der Waals surface area contributed by atoms with Gasteiger partial charge in [-0.15, -0.1) is 0 Å². The van der Waals surface area contributed by atoms with Crippen molar-refractivity contribution in [3.05, 3.63) is 59.7 Å². The van der Waals surface area contributed by atoms with Gasteiger partial charge in [0.2, 0.25) is 0 Å². The number of aromatic hydroxyl groups is 1. The second-order valence-corrected chi connectivity index (χ2v) is 7.52. The number of anilines is 1. The molecule has 146 valence electrons. The van der Waals surface area contributed by atoms with Crippen molar-refractivity contribution in [1.29, 1.82) is 0 Å². The smallest absolute Gasteiger partial charge is 0.279 e. The molecule has 1 saturated heterocycles. The van der Waals surface area contributed by atoms with Crippen LogP contribution >= 0.6 is 0 Å². The number of likely N-dealkylation sites (tertiary alicyclic amines) is 1. The largest absolute Gasteiger partial charge is 1.00 e. The highest BCUT2D eigenvalue weighted by Gasteiger charge is 2.32. The third kappa shape index (κ3) is 5.81. The van der Waals surface area contributed by atoms with Gasteiger partial charge in [-0.1, -0.05) is 42.5 Å². The number of carbonyl (C=O) groups is 1. The van der Waals surface area contributed by atoms with E-state index < -0.39 is 0 Å². The Morgan fingerprint density at radius 1 is 1.00 bits per heavy atom. The van der Waals surface area contributed by atoms with E-state index in [-0.39, 0.29) is 28.6 Å². The first-order valence-corrected chi connectivity index (χ1v) is 9.55. The van der Waals surface area contributed by atoms with Gasteiger partial charge in [-0.3, -0.25) is 4.79 Å². The molecule has 1 heterocycles. The summed E-state index contributed by atoms with van der Waals surface area (Å²) >= 11 is 0. The molecule has 1 aliphatic heterocycles. The molecule has 2 aromatic carbocycles. The van der Waals surface area contributed by atoms with Crippen molar-refractivity contribution in [3.8, 4) is 5.75 Å². The molecule has 2 N–H and O–H groups in total. The summed E-state index contributed by atoms with van der Waals surface area (Å²) in [5, 5.41) is 13.0. The molecule has 1 aliphatic rings. The standard InChI is InChI=1S/C22H28N2O2.BrH/c1-18-10-9-13-20(25)22(18)23-21(26)17-24(14-7-2-3-8-15-24)16-19-11-5-4-6-12-19;/h4-6,9-13H,2-3,7-8,14-17H2,1H3,(H-,23,25,26);1H. The Morgan fingerprint density at radius 3 is 2.30 bits per heavy atom. The first-order valence-electron chi connectivity index (χ1n) is 9.55. The fourth-order valence-electron chi connectivity index (χ4n) is 4.00. The lowest BCUT2D eigenvalue weighted by atomic mass is 10.1. The molecule has 0 aromatic heterocycles. The summed E-state index contributed by atoms with van der Waals surface area (Å²) in [4.78, 5) is 12.9. The SMILES string of the molecule is Cc1cccc(O)c1NC(=O)C[N+]1(Cc2ccccc2)CCCCCC1.[Br-]. The minimum Gasteiger partial charge on any atom is -1.00 e. The number of phenols is 1. The van der Waals surface area contributed by atoms with Crippen LogP contribution in [-0.4, -0.2) is 35.1 Å². The zero-order valence-corrected chi connectivity index (χ0v) is 17.5. The van der Waals surface area contributed by atoms with Crippen molar-refractivity contribution in [1.82, 2.24) is 0 Å². The maximum atomic E-state index is 12.9. The highest BCUT2D eigenvalue weighted by molar-refractivity contribution is 5.93. The average molecular weight is 433 g/mol. The molecule has 5 heteroatoms. The Labute approximate surface area is 172 Å². The summed E-state index contributed by atoms with van der Waals surface area (Å²) in [5.74, 6) is 0.108. The predicted octanol–water partition coefficient (Wildman–Crippen LogP) is 1.23. The molecule has 0 radical (unpaired) electrons. The molecule has 0 unspecified atom stereocenters. The molecule has 0 atom stereocenters. The fourth-order valence-corrected chi connectivity index (χ4v) is 4.00. The zero-order chi connectivity index (χ0) is 18.4. The van der Waals surface area contributed by atoms with Crippen LogP contribution in [0, 0.1) is 6.92 Å². The molecule has 0 spiro atoms. The second-order valence-electron chi connectivity index (χ2n) is 7.52. The van der Waals surface area contributed by atoms with Gasteiger partial charge < -0.3 is 31.9 Å². The van der Waals surface area contributed by atoms with Gasteiger partial charge in [-0.2, -0.15) is 0 Å². The minimum absolute atomic E-state index is 0. The number of phenolic OH excluding ortho intramolecular Hbond substituents is 1. The third-order valence-electron chi connectivity index (χ3n) is 5.37. The van der Waals surface area contributed by atoms with E-state index in [1.807, 2.05) is 19.1 Å². The molecule has 1 amide bonds. The number of nitrogens with zero attached hydrogens (tertiary/aromatic N) is 1. The first kappa shape index (κ1) is 21.5. The Bertz CT molecular complexity index is 721. The van der Waals surface area contributed by atoms with Gasteiger partial charge in [0.25, 0.3) is 5.91 Å². The maximum Gasteiger partial charge on any atom is 0.279 e. The number of hydrogen-bond acceptors (Lipinski definition) is 2. The van der Waals surface area contributed by atoms with Gasteiger partial charge in [0.15, 0.2) is 6.54 Å². The minimum atomic E-state index is -0.0209. The number of nitrogens with one attached hydrogen (secondary N) is 1. The summed E-state index contributed by atoms with van der Waals surface area (Å²) in [7, 11) is 0. The Balaban J connectivity index is 0.00000261. The number of amides is 1. The normalized spacial score (nSPS) is 16.0. The van der Waals surface area contributed by atoms with Crippen LogP contribution in [0.25, 0.3) is 0 Å². The monoisotopic (exact) mass is 432 g/mol. The van der Waals surface area contributed by atoms with Crippen molar-refractivity contribution in [2.45, 2.75) is 39.2 Å². The van der Waals surface area contributed by atoms with Crippen LogP contribution in [0.5, 0.6) is 5.75 Å². The number of hydrogen-bond donors (Lipinski definition) is 2. The van der Waals surface area contributed by atoms with Crippen LogP contribution in [0.15, 0.2) is 48.5 Å². The summed E-state index contributed by atoms with van der Waals surface area (Å²) in [6.07, 6.45) is 4.81. The van der Waals surface area contributed by atoms with Gasteiger partial charge in [0.1, 0.15) is 12.3 Å². The van der Waals surface area contributed by atoms with E-state index in [1.54, 1.807) is 12.1 Å². The van der Waals surface area contributed by atoms with Crippen molar-refractivity contribution >= 4 is 11.6 Å². The Hall–Kier alpha value is -1.85. The molecule has 0 bridgehead atoms. The van der Waals surface area contributed by atoms with Crippen LogP contribution in [0.3, 0.4) is 0 Å². The van der Waals surface area contributed by atoms with E-state index in [0.717, 1.165) is 42.5 Å². The molecule has 0 saturated carbocycles. The number of para-hydroxylation sites is 1. The predicted molar refractivity (Wildman–Crippen MR) is 105 cm³/mol. The molecule has 27 heavy (non-hydrogen) atoms. The lowest BCUT2D eigenvalue weighted by Gasteiger charge is -2.37. The summed E-state index contributed by atoms with van der Waals surface area (Å²) in [6.45, 7) is 5.29. The number of quaternary nitrogens is 1. The van der Waals surface area contributed by atoms with E-state index in [4.69, 9.17) is 0 Å². The second kappa shape index (κ2) is 9.90. The van der Waals surface area contributed by atoms with Crippen molar-refractivity contribution in [2.75, 3.05) is 25.0 Å². The summed E-state index contributed by atoms with van der Waals surface area (Å²) < 4.78 is 0.794. The number of benzene rings is 2. The number of carbonyl (C=O) groups excluding carboxylic acids is 1. The quantitative estimate of drug-likeness (QED) is 0.551. The molecular formula is C22H29BrN2O2. The maximum absolute atomic E-state index is 12.9. The van der Waals surface area contributed by atoms with E-state index in [1.165, 1.54) is 18.4 Å². The van der Waals surface area contributed by atoms with Gasteiger partial charge in [0, 0.05) is 5.56 Å². The van der Waals surface area contributed by atoms with Crippen LogP contribution < -0.4 is 22.3 Å². The first-order chi connectivity index (χ1) is 12.6. The van der Waals surface area contributed by atoms with Gasteiger partial charge in [-0.05, 0) is 44.2 Å². The molecule has 3 rings (SSSR count). The van der Waals surface area contributed by atoms with Crippen molar-refractivity contribution in [2.24, 2.45) is 0 Å². The topological polar surface area (TPSA) is 49.3 Å². The number of aryl methyl sites for hydroxylation is 1. The Morgan fingerprint density at radius 2 is 1.67 bits per heavy atom. The number of halogens is 1. The number of rotatable bonds is 5. The van der Waals surface area contributed by atoms with E-state index >= 15 is 0 Å². The molecule has 0 aliphatic carbocycles. The van der Waals surface area contributed by atoms with Crippen molar-refractivity contribution < 1.29 is 31.4 Å². The molecule has 1 fully saturated rings. The third-order valence-corrected chi connectivity index (χ3v) is 5.37. The molecular weight excluding hydrogens is 404 g/mol. The lowest BCUT2D eigenvalue weighted by molar-refractivity contribution is -0.932. The fraction of sp³-hybridized carbons (Fsp3) is 0.409. The van der Waals surface area contributed by atoms with Gasteiger partial charge >= 0.3 is 0 Å². The zero-order valence-electron chi connectivity index (χ0n) is 16.0. The van der Waals surface area contributed by atoms with Crippen LogP contribution in [0.4, 0.5) is 5.69 Å². The van der Waals surface area contributed by atoms with Gasteiger partial charge in [0.05, 0.1) is 18.8 Å². The average Bonchev–Trinajstić information content (AvgIpc) is 2.85. The van der Waals surface area contributed by atoms with Crippen LogP contribution in [0.2, 0.25) is 0 Å². The van der Waals surface area contributed by atoms with E-state index in [2.05, 4.69) is 29.6 Å². The van der Waals surface area contributed by atoms with Crippen LogP contribution in [-0.2, 0) is 11.3 Å². The lowest BCUT2D eigenvalue weighted by Crippen LogP contribution is -3.00. The molecule has 4 nitrogen and oxygen atoms in total. The summed E-state index contributed by atoms with van der Waals surface area (Å²) in [6, 6.07) is 15.8. The summed E-state index contributed by atoms with van der Waals surface area (Å²) in [5.41, 5.74) is 2.69. The highest BCUT2D eigenvalue weighted by Crippen LogP contribution is 2.27. The van der Waals surface area contributed by atoms with Crippen LogP contribution in [0.1, 0.15) is 36.8 Å².